The lowest BCUT2D eigenvalue weighted by molar-refractivity contribution is 0.150. The predicted octanol–water partition coefficient (Wildman–Crippen LogP) is 1.78. The monoisotopic (exact) mass is 212 g/mol. The largest absolute Gasteiger partial charge is 0.783 e. The van der Waals surface area contributed by atoms with Gasteiger partial charge in [-0.3, -0.25) is 4.99 Å². The van der Waals surface area contributed by atoms with Crippen LogP contribution in [0.25, 0.3) is 0 Å². The number of hydrogen-bond acceptors (Lipinski definition) is 5. The fourth-order valence-electron chi connectivity index (χ4n) is 1.94. The van der Waals surface area contributed by atoms with Crippen LogP contribution < -0.4 is 0 Å². The summed E-state index contributed by atoms with van der Waals surface area (Å²) < 4.78 is 0. The minimum Gasteiger partial charge on any atom is -0.783 e. The fourth-order valence-corrected chi connectivity index (χ4v) is 1.94. The van der Waals surface area contributed by atoms with E-state index in [1.54, 1.807) is 20.8 Å². The first-order chi connectivity index (χ1) is 6.73. The number of hydroxylamine groups is 2. The molecule has 0 aromatic heterocycles. The van der Waals surface area contributed by atoms with Gasteiger partial charge in [-0.25, -0.2) is 0 Å². The van der Waals surface area contributed by atoms with E-state index in [1.165, 1.54) is 7.11 Å². The second kappa shape index (κ2) is 3.57. The molecule has 0 aliphatic carbocycles. The van der Waals surface area contributed by atoms with E-state index in [2.05, 4.69) is 10.1 Å². The maximum absolute atomic E-state index is 12.0. The Morgan fingerprint density at radius 2 is 1.93 bits per heavy atom. The van der Waals surface area contributed by atoms with Gasteiger partial charge in [-0.15, -0.1) is 0 Å². The SMILES string of the molecule is CON=C(C)C1=NC(C)(C)N([O-])C1(C)C. The third-order valence-corrected chi connectivity index (χ3v) is 2.54. The lowest BCUT2D eigenvalue weighted by Gasteiger charge is -2.45. The van der Waals surface area contributed by atoms with E-state index in [-0.39, 0.29) is 0 Å². The Hall–Kier alpha value is -0.940. The summed E-state index contributed by atoms with van der Waals surface area (Å²) in [5.74, 6) is 0. The van der Waals surface area contributed by atoms with E-state index < -0.39 is 11.2 Å². The average Bonchev–Trinajstić information content (AvgIpc) is 2.27. The van der Waals surface area contributed by atoms with Crippen molar-refractivity contribution in [2.45, 2.75) is 45.8 Å². The third kappa shape index (κ3) is 1.89. The number of rotatable bonds is 2. The zero-order valence-corrected chi connectivity index (χ0v) is 10.2. The molecule has 86 valence electrons. The van der Waals surface area contributed by atoms with Gasteiger partial charge in [-0.2, -0.15) is 0 Å². The van der Waals surface area contributed by atoms with Crippen molar-refractivity contribution < 1.29 is 4.84 Å². The lowest BCUT2D eigenvalue weighted by Crippen LogP contribution is -2.49. The van der Waals surface area contributed by atoms with Gasteiger partial charge in [0.25, 0.3) is 0 Å². The van der Waals surface area contributed by atoms with Crippen molar-refractivity contribution in [3.63, 3.8) is 0 Å². The molecule has 0 aromatic rings. The van der Waals surface area contributed by atoms with Crippen molar-refractivity contribution in [2.75, 3.05) is 7.11 Å². The van der Waals surface area contributed by atoms with Crippen LogP contribution in [0.5, 0.6) is 0 Å². The van der Waals surface area contributed by atoms with E-state index in [0.29, 0.717) is 11.4 Å². The second-order valence-corrected chi connectivity index (χ2v) is 4.67. The summed E-state index contributed by atoms with van der Waals surface area (Å²) in [4.78, 5) is 9.09. The van der Waals surface area contributed by atoms with Crippen molar-refractivity contribution in [1.29, 1.82) is 0 Å². The Balaban J connectivity index is 3.14. The molecule has 5 nitrogen and oxygen atoms in total. The molecular formula is C10H18N3O2-. The summed E-state index contributed by atoms with van der Waals surface area (Å²) >= 11 is 0. The number of oxime groups is 1. The van der Waals surface area contributed by atoms with Gasteiger partial charge in [0.1, 0.15) is 7.11 Å². The molecule has 0 aromatic carbocycles. The van der Waals surface area contributed by atoms with Gasteiger partial charge in [-0.05, 0) is 34.6 Å². The number of hydrogen-bond donors (Lipinski definition) is 0. The van der Waals surface area contributed by atoms with Crippen LogP contribution in [0.2, 0.25) is 0 Å². The lowest BCUT2D eigenvalue weighted by atomic mass is 9.95. The Labute approximate surface area is 90.4 Å². The van der Waals surface area contributed by atoms with Gasteiger partial charge in [0.2, 0.25) is 0 Å². The smallest absolute Gasteiger partial charge is 0.106 e. The molecule has 15 heavy (non-hydrogen) atoms. The van der Waals surface area contributed by atoms with E-state index in [9.17, 15) is 5.21 Å². The summed E-state index contributed by atoms with van der Waals surface area (Å²) in [6.45, 7) is 9.04. The maximum Gasteiger partial charge on any atom is 0.106 e. The van der Waals surface area contributed by atoms with Crippen LogP contribution in [0.15, 0.2) is 10.1 Å². The van der Waals surface area contributed by atoms with Crippen LogP contribution in [-0.2, 0) is 4.84 Å². The summed E-state index contributed by atoms with van der Waals surface area (Å²) in [5.41, 5.74) is -0.0582. The molecule has 5 heteroatoms. The number of aliphatic imine (C=N–C) groups is 1. The van der Waals surface area contributed by atoms with Crippen LogP contribution in [0, 0.1) is 5.21 Å². The first-order valence-corrected chi connectivity index (χ1v) is 4.89. The van der Waals surface area contributed by atoms with Crippen LogP contribution >= 0.6 is 0 Å². The van der Waals surface area contributed by atoms with E-state index in [0.717, 1.165) is 5.06 Å². The van der Waals surface area contributed by atoms with Crippen molar-refractivity contribution in [2.24, 2.45) is 10.1 Å². The highest BCUT2D eigenvalue weighted by Gasteiger charge is 2.42. The van der Waals surface area contributed by atoms with Gasteiger partial charge in [0.05, 0.1) is 17.1 Å². The quantitative estimate of drug-likeness (QED) is 0.517. The summed E-state index contributed by atoms with van der Waals surface area (Å²) in [6, 6.07) is 0. The molecule has 0 spiro atoms. The summed E-state index contributed by atoms with van der Waals surface area (Å²) in [5, 5.41) is 16.8. The fraction of sp³-hybridized carbons (Fsp3) is 0.800. The molecule has 0 saturated carbocycles. The van der Waals surface area contributed by atoms with Crippen molar-refractivity contribution in [3.8, 4) is 0 Å². The topological polar surface area (TPSA) is 60.2 Å². The zero-order chi connectivity index (χ0) is 11.9. The van der Waals surface area contributed by atoms with Crippen LogP contribution in [0.3, 0.4) is 0 Å². The van der Waals surface area contributed by atoms with Crippen LogP contribution in [-0.4, -0.2) is 34.8 Å². The van der Waals surface area contributed by atoms with Gasteiger partial charge in [0.15, 0.2) is 0 Å². The van der Waals surface area contributed by atoms with Crippen LogP contribution in [0.4, 0.5) is 0 Å². The Bertz CT molecular complexity index is 319. The van der Waals surface area contributed by atoms with E-state index in [4.69, 9.17) is 4.84 Å². The first-order valence-electron chi connectivity index (χ1n) is 4.89. The van der Waals surface area contributed by atoms with E-state index in [1.807, 2.05) is 13.8 Å². The molecule has 0 amide bonds. The molecule has 1 rings (SSSR count). The van der Waals surface area contributed by atoms with Gasteiger partial charge in [-0.1, -0.05) is 5.16 Å². The summed E-state index contributed by atoms with van der Waals surface area (Å²) in [6.07, 6.45) is 0. The van der Waals surface area contributed by atoms with Crippen molar-refractivity contribution in [3.05, 3.63) is 5.21 Å². The highest BCUT2D eigenvalue weighted by molar-refractivity contribution is 6.45. The highest BCUT2D eigenvalue weighted by Crippen LogP contribution is 2.34. The summed E-state index contributed by atoms with van der Waals surface area (Å²) in [7, 11) is 1.48. The molecular weight excluding hydrogens is 194 g/mol. The van der Waals surface area contributed by atoms with Gasteiger partial charge >= 0.3 is 0 Å². The highest BCUT2D eigenvalue weighted by atomic mass is 16.6. The molecule has 0 radical (unpaired) electrons. The zero-order valence-electron chi connectivity index (χ0n) is 10.2. The Morgan fingerprint density at radius 1 is 1.40 bits per heavy atom. The molecule has 0 bridgehead atoms. The molecule has 0 unspecified atom stereocenters. The standard InChI is InChI=1S/C10H18N3O2/c1-7(12-15-6)8-9(2,3)13(14)10(4,5)11-8/h1-6H3/q-1. The average molecular weight is 212 g/mol. The molecule has 0 fully saturated rings. The van der Waals surface area contributed by atoms with Crippen LogP contribution in [0.1, 0.15) is 34.6 Å². The molecule has 0 N–H and O–H groups in total. The first kappa shape index (κ1) is 12.1. The van der Waals surface area contributed by atoms with E-state index >= 15 is 0 Å². The number of nitrogens with zero attached hydrogens (tertiary/aromatic N) is 3. The minimum absolute atomic E-state index is 0.647. The van der Waals surface area contributed by atoms with Gasteiger partial charge in [0, 0.05) is 5.54 Å². The van der Waals surface area contributed by atoms with Crippen molar-refractivity contribution >= 4 is 11.4 Å². The minimum atomic E-state index is -0.733. The third-order valence-electron chi connectivity index (χ3n) is 2.54. The van der Waals surface area contributed by atoms with Gasteiger partial charge < -0.3 is 15.1 Å². The molecule has 0 atom stereocenters. The molecule has 1 heterocycles. The molecule has 0 saturated heterocycles. The molecule has 1 aliphatic heterocycles. The normalized spacial score (nSPS) is 25.3. The maximum atomic E-state index is 12.0. The Morgan fingerprint density at radius 3 is 2.27 bits per heavy atom. The predicted molar refractivity (Wildman–Crippen MR) is 60.9 cm³/mol. The second-order valence-electron chi connectivity index (χ2n) is 4.67. The Kier molecular flexibility index (Phi) is 2.89. The molecule has 1 aliphatic rings. The van der Waals surface area contributed by atoms with Crippen molar-refractivity contribution in [1.82, 2.24) is 5.06 Å².